The number of sulfonamides is 1. The van der Waals surface area contributed by atoms with E-state index in [9.17, 15) is 13.2 Å². The maximum atomic E-state index is 13.3. The number of carbonyl (C=O) groups is 1. The molecule has 0 unspecified atom stereocenters. The Balaban J connectivity index is 1.34. The molecule has 5 rings (SSSR count). The molecule has 1 saturated carbocycles. The number of hydrogen-bond acceptors (Lipinski definition) is 6. The van der Waals surface area contributed by atoms with Crippen LogP contribution in [0.4, 0.5) is 0 Å². The fourth-order valence-corrected chi connectivity index (χ4v) is 6.87. The third-order valence-corrected chi connectivity index (χ3v) is 9.44. The lowest BCUT2D eigenvalue weighted by Gasteiger charge is -2.34. The summed E-state index contributed by atoms with van der Waals surface area (Å²) in [6.07, 6.45) is 2.26. The Labute approximate surface area is 196 Å². The van der Waals surface area contributed by atoms with Crippen LogP contribution in [0.1, 0.15) is 45.5 Å². The Bertz CT molecular complexity index is 1310. The Kier molecular flexibility index (Phi) is 5.48. The third-order valence-electron chi connectivity index (χ3n) is 6.10. The molecule has 0 radical (unpaired) electrons. The van der Waals surface area contributed by atoms with Gasteiger partial charge >= 0.3 is 0 Å². The summed E-state index contributed by atoms with van der Waals surface area (Å²) >= 11 is 7.30. The molecular formula is C22H23ClN4O3S2. The van der Waals surface area contributed by atoms with Crippen LogP contribution < -0.4 is 0 Å². The van der Waals surface area contributed by atoms with E-state index in [0.717, 1.165) is 40.1 Å². The maximum Gasteiger partial charge on any atom is 0.264 e. The molecular weight excluding hydrogens is 468 g/mol. The van der Waals surface area contributed by atoms with Gasteiger partial charge in [-0.25, -0.2) is 18.4 Å². The summed E-state index contributed by atoms with van der Waals surface area (Å²) in [5, 5.41) is 1.45. The second-order valence-corrected chi connectivity index (χ2v) is 11.7. The highest BCUT2D eigenvalue weighted by Gasteiger charge is 2.33. The quantitative estimate of drug-likeness (QED) is 0.552. The molecule has 0 atom stereocenters. The second-order valence-electron chi connectivity index (χ2n) is 8.33. The van der Waals surface area contributed by atoms with Crippen LogP contribution in [0.5, 0.6) is 0 Å². The van der Waals surface area contributed by atoms with Crippen molar-refractivity contribution in [3.05, 3.63) is 51.2 Å². The summed E-state index contributed by atoms with van der Waals surface area (Å²) in [6.45, 7) is 5.12. The van der Waals surface area contributed by atoms with E-state index in [4.69, 9.17) is 16.6 Å². The highest BCUT2D eigenvalue weighted by Crippen LogP contribution is 2.40. The zero-order valence-electron chi connectivity index (χ0n) is 17.8. The van der Waals surface area contributed by atoms with E-state index >= 15 is 0 Å². The standard InChI is InChI=1S/C22H23ClN4O3S2/c1-13-18-14(2)24-20(15-3-4-15)25-21(18)31-19(13)22(28)26-9-11-27(12-10-26)32(29,30)17-7-5-16(23)6-8-17/h5-8,15H,3-4,9-12H2,1-2H3. The number of piperazine rings is 1. The minimum atomic E-state index is -3.61. The number of aryl methyl sites for hydroxylation is 2. The summed E-state index contributed by atoms with van der Waals surface area (Å²) in [7, 11) is -3.61. The molecule has 10 heteroatoms. The average Bonchev–Trinajstić information content (AvgIpc) is 3.57. The molecule has 3 heterocycles. The van der Waals surface area contributed by atoms with Gasteiger partial charge in [0.1, 0.15) is 10.7 Å². The van der Waals surface area contributed by atoms with Crippen LogP contribution in [0.25, 0.3) is 10.2 Å². The first kappa shape index (κ1) is 21.8. The Hall–Kier alpha value is -2.07. The number of halogens is 1. The highest BCUT2D eigenvalue weighted by molar-refractivity contribution is 7.89. The molecule has 168 valence electrons. The fourth-order valence-electron chi connectivity index (χ4n) is 4.12. The third kappa shape index (κ3) is 3.81. The van der Waals surface area contributed by atoms with Crippen molar-refractivity contribution < 1.29 is 13.2 Å². The molecule has 0 N–H and O–H groups in total. The zero-order valence-corrected chi connectivity index (χ0v) is 20.2. The van der Waals surface area contributed by atoms with E-state index in [1.165, 1.54) is 27.8 Å². The highest BCUT2D eigenvalue weighted by atomic mass is 35.5. The lowest BCUT2D eigenvalue weighted by atomic mass is 10.1. The number of carbonyl (C=O) groups excluding carboxylic acids is 1. The maximum absolute atomic E-state index is 13.3. The van der Waals surface area contributed by atoms with E-state index in [2.05, 4.69) is 4.98 Å². The van der Waals surface area contributed by atoms with E-state index in [1.807, 2.05) is 13.8 Å². The molecule has 0 bridgehead atoms. The number of benzene rings is 1. The molecule has 0 spiro atoms. The van der Waals surface area contributed by atoms with Crippen LogP contribution in [0.2, 0.25) is 5.02 Å². The number of amides is 1. The molecule has 2 aromatic heterocycles. The van der Waals surface area contributed by atoms with Crippen molar-refractivity contribution in [3.63, 3.8) is 0 Å². The summed E-state index contributed by atoms with van der Waals surface area (Å²) < 4.78 is 27.3. The zero-order chi connectivity index (χ0) is 22.6. The van der Waals surface area contributed by atoms with Gasteiger partial charge < -0.3 is 4.90 Å². The molecule has 1 amide bonds. The van der Waals surface area contributed by atoms with Crippen LogP contribution in [-0.2, 0) is 10.0 Å². The van der Waals surface area contributed by atoms with Crippen molar-refractivity contribution in [2.75, 3.05) is 26.2 Å². The normalized spacial score (nSPS) is 17.8. The summed E-state index contributed by atoms with van der Waals surface area (Å²) in [5.74, 6) is 1.27. The van der Waals surface area contributed by atoms with Gasteiger partial charge in [0.25, 0.3) is 5.91 Å². The molecule has 1 aromatic carbocycles. The minimum absolute atomic E-state index is 0.0681. The summed E-state index contributed by atoms with van der Waals surface area (Å²) in [6, 6.07) is 6.15. The average molecular weight is 491 g/mol. The largest absolute Gasteiger partial charge is 0.335 e. The van der Waals surface area contributed by atoms with Crippen molar-refractivity contribution in [2.24, 2.45) is 0 Å². The Morgan fingerprint density at radius 3 is 2.34 bits per heavy atom. The Morgan fingerprint density at radius 1 is 1.06 bits per heavy atom. The number of aromatic nitrogens is 2. The van der Waals surface area contributed by atoms with Gasteiger partial charge in [-0.05, 0) is 56.5 Å². The van der Waals surface area contributed by atoms with Crippen LogP contribution in [0.3, 0.4) is 0 Å². The van der Waals surface area contributed by atoms with Crippen molar-refractivity contribution >= 4 is 49.1 Å². The van der Waals surface area contributed by atoms with Gasteiger partial charge in [-0.2, -0.15) is 4.31 Å². The first-order valence-electron chi connectivity index (χ1n) is 10.6. The smallest absolute Gasteiger partial charge is 0.264 e. The van der Waals surface area contributed by atoms with Gasteiger partial charge in [0.05, 0.1) is 15.5 Å². The predicted molar refractivity (Wildman–Crippen MR) is 125 cm³/mol. The molecule has 7 nitrogen and oxygen atoms in total. The molecule has 1 saturated heterocycles. The van der Waals surface area contributed by atoms with E-state index < -0.39 is 10.0 Å². The van der Waals surface area contributed by atoms with Gasteiger partial charge in [0, 0.05) is 42.5 Å². The number of hydrogen-bond donors (Lipinski definition) is 0. The number of nitrogens with zero attached hydrogens (tertiary/aromatic N) is 4. The molecule has 3 aromatic rings. The van der Waals surface area contributed by atoms with Gasteiger partial charge in [0.2, 0.25) is 10.0 Å². The van der Waals surface area contributed by atoms with Gasteiger partial charge in [-0.1, -0.05) is 11.6 Å². The van der Waals surface area contributed by atoms with Gasteiger partial charge in [-0.15, -0.1) is 11.3 Å². The molecule has 2 aliphatic rings. The summed E-state index contributed by atoms with van der Waals surface area (Å²) in [5.41, 5.74) is 1.83. The first-order valence-corrected chi connectivity index (χ1v) is 13.2. The second kappa shape index (κ2) is 8.06. The van der Waals surface area contributed by atoms with Crippen LogP contribution in [-0.4, -0.2) is 59.7 Å². The number of fused-ring (bicyclic) bond motifs is 1. The van der Waals surface area contributed by atoms with Crippen molar-refractivity contribution in [2.45, 2.75) is 37.5 Å². The molecule has 2 fully saturated rings. The topological polar surface area (TPSA) is 83.5 Å². The Morgan fingerprint density at radius 2 is 1.72 bits per heavy atom. The predicted octanol–water partition coefficient (Wildman–Crippen LogP) is 3.99. The van der Waals surface area contributed by atoms with Crippen molar-refractivity contribution in [1.82, 2.24) is 19.2 Å². The monoisotopic (exact) mass is 490 g/mol. The fraction of sp³-hybridized carbons (Fsp3) is 0.409. The van der Waals surface area contributed by atoms with E-state index in [-0.39, 0.29) is 23.9 Å². The molecule has 1 aliphatic heterocycles. The van der Waals surface area contributed by atoms with Crippen LogP contribution >= 0.6 is 22.9 Å². The lowest BCUT2D eigenvalue weighted by Crippen LogP contribution is -2.50. The van der Waals surface area contributed by atoms with E-state index in [1.54, 1.807) is 17.0 Å². The number of thiophene rings is 1. The summed E-state index contributed by atoms with van der Waals surface area (Å²) in [4.78, 5) is 26.2. The van der Waals surface area contributed by atoms with Gasteiger partial charge in [0.15, 0.2) is 0 Å². The van der Waals surface area contributed by atoms with Crippen LogP contribution in [0.15, 0.2) is 29.2 Å². The number of rotatable bonds is 4. The van der Waals surface area contributed by atoms with Gasteiger partial charge in [-0.3, -0.25) is 4.79 Å². The van der Waals surface area contributed by atoms with Crippen molar-refractivity contribution in [1.29, 1.82) is 0 Å². The first-order chi connectivity index (χ1) is 15.3. The van der Waals surface area contributed by atoms with Crippen LogP contribution in [0, 0.1) is 13.8 Å². The minimum Gasteiger partial charge on any atom is -0.335 e. The van der Waals surface area contributed by atoms with E-state index in [0.29, 0.717) is 28.9 Å². The lowest BCUT2D eigenvalue weighted by molar-refractivity contribution is 0.0702. The van der Waals surface area contributed by atoms with Crippen molar-refractivity contribution in [3.8, 4) is 0 Å². The molecule has 1 aliphatic carbocycles. The SMILES string of the molecule is Cc1nc(C2CC2)nc2sc(C(=O)N3CCN(S(=O)(=O)c4ccc(Cl)cc4)CC3)c(C)c12. The molecule has 32 heavy (non-hydrogen) atoms.